The molecule has 0 saturated heterocycles. The molecule has 1 heterocycles. The van der Waals surface area contributed by atoms with E-state index in [0.717, 1.165) is 5.56 Å². The first-order valence-electron chi connectivity index (χ1n) is 5.02. The molecule has 1 N–H and O–H groups in total. The maximum absolute atomic E-state index is 13.4. The van der Waals surface area contributed by atoms with Gasteiger partial charge < -0.3 is 5.32 Å². The summed E-state index contributed by atoms with van der Waals surface area (Å²) in [7, 11) is 0. The Labute approximate surface area is 100 Å². The fourth-order valence-electron chi connectivity index (χ4n) is 1.39. The summed E-state index contributed by atoms with van der Waals surface area (Å²) in [6.45, 7) is 1.71. The van der Waals surface area contributed by atoms with E-state index in [1.54, 1.807) is 6.92 Å². The number of pyridine rings is 1. The zero-order valence-electron chi connectivity index (χ0n) is 9.27. The summed E-state index contributed by atoms with van der Waals surface area (Å²) in [5.74, 6) is -5.17. The number of hydrogen-bond acceptors (Lipinski definition) is 2. The molecule has 0 atom stereocenters. The zero-order chi connectivity index (χ0) is 13.3. The van der Waals surface area contributed by atoms with E-state index in [0.29, 0.717) is 6.07 Å². The second-order valence-corrected chi connectivity index (χ2v) is 3.70. The van der Waals surface area contributed by atoms with Gasteiger partial charge in [0.25, 0.3) is 5.95 Å². The van der Waals surface area contributed by atoms with Crippen molar-refractivity contribution in [1.82, 2.24) is 4.98 Å². The summed E-state index contributed by atoms with van der Waals surface area (Å²) in [6, 6.07) is 4.45. The van der Waals surface area contributed by atoms with E-state index in [9.17, 15) is 17.6 Å². The van der Waals surface area contributed by atoms with Crippen molar-refractivity contribution < 1.29 is 17.6 Å². The van der Waals surface area contributed by atoms with E-state index in [1.807, 2.05) is 0 Å². The van der Waals surface area contributed by atoms with E-state index in [2.05, 4.69) is 10.3 Å². The first-order chi connectivity index (χ1) is 8.47. The fourth-order valence-corrected chi connectivity index (χ4v) is 1.39. The maximum Gasteiger partial charge on any atom is 0.251 e. The van der Waals surface area contributed by atoms with Crippen molar-refractivity contribution in [2.24, 2.45) is 0 Å². The number of hydrogen-bond donors (Lipinski definition) is 1. The number of benzene rings is 1. The third kappa shape index (κ3) is 2.42. The monoisotopic (exact) mass is 256 g/mol. The first-order valence-corrected chi connectivity index (χ1v) is 5.02. The van der Waals surface area contributed by atoms with Crippen molar-refractivity contribution in [1.29, 1.82) is 0 Å². The van der Waals surface area contributed by atoms with Crippen LogP contribution in [0.1, 0.15) is 5.56 Å². The molecule has 1 aromatic heterocycles. The van der Waals surface area contributed by atoms with Crippen molar-refractivity contribution in [3.63, 3.8) is 0 Å². The molecule has 0 bridgehead atoms. The fraction of sp³-hybridized carbons (Fsp3) is 0.0833. The molecule has 0 unspecified atom stereocenters. The number of rotatable bonds is 2. The molecule has 0 aliphatic heterocycles. The molecule has 2 aromatic rings. The van der Waals surface area contributed by atoms with Gasteiger partial charge in [-0.15, -0.1) is 0 Å². The second kappa shape index (κ2) is 4.64. The van der Waals surface area contributed by atoms with Gasteiger partial charge in [-0.25, -0.2) is 13.2 Å². The molecule has 0 spiro atoms. The Balaban J connectivity index is 2.40. The molecule has 94 valence electrons. The molecule has 2 nitrogen and oxygen atoms in total. The van der Waals surface area contributed by atoms with Gasteiger partial charge in [-0.2, -0.15) is 9.37 Å². The Morgan fingerprint density at radius 2 is 1.67 bits per heavy atom. The number of anilines is 2. The highest BCUT2D eigenvalue weighted by atomic mass is 19.2. The predicted octanol–water partition coefficient (Wildman–Crippen LogP) is 3.69. The third-order valence-electron chi connectivity index (χ3n) is 2.26. The Kier molecular flexibility index (Phi) is 3.18. The molecule has 0 radical (unpaired) electrons. The van der Waals surface area contributed by atoms with Crippen LogP contribution >= 0.6 is 0 Å². The molecular weight excluding hydrogens is 248 g/mol. The van der Waals surface area contributed by atoms with Gasteiger partial charge in [0, 0.05) is 6.07 Å². The molecule has 0 saturated carbocycles. The van der Waals surface area contributed by atoms with Gasteiger partial charge in [0.1, 0.15) is 5.82 Å². The lowest BCUT2D eigenvalue weighted by atomic mass is 10.2. The van der Waals surface area contributed by atoms with E-state index >= 15 is 0 Å². The molecule has 0 aliphatic carbocycles. The van der Waals surface area contributed by atoms with Gasteiger partial charge >= 0.3 is 0 Å². The van der Waals surface area contributed by atoms with Crippen LogP contribution in [-0.2, 0) is 0 Å². The second-order valence-electron chi connectivity index (χ2n) is 3.70. The summed E-state index contributed by atoms with van der Waals surface area (Å²) < 4.78 is 52.2. The highest BCUT2D eigenvalue weighted by Crippen LogP contribution is 2.22. The average Bonchev–Trinajstić information content (AvgIpc) is 2.30. The smallest absolute Gasteiger partial charge is 0.251 e. The topological polar surface area (TPSA) is 24.9 Å². The summed E-state index contributed by atoms with van der Waals surface area (Å²) in [4.78, 5) is 3.04. The normalized spacial score (nSPS) is 10.5. The number of halogens is 4. The van der Waals surface area contributed by atoms with Crippen molar-refractivity contribution in [3.05, 3.63) is 53.2 Å². The van der Waals surface area contributed by atoms with Gasteiger partial charge in [0.15, 0.2) is 17.5 Å². The molecule has 0 amide bonds. The molecule has 1 aromatic carbocycles. The zero-order valence-corrected chi connectivity index (χ0v) is 9.27. The molecule has 0 aliphatic rings. The average molecular weight is 256 g/mol. The highest BCUT2D eigenvalue weighted by Gasteiger charge is 2.13. The lowest BCUT2D eigenvalue weighted by molar-refractivity contribution is 0.467. The number of aryl methyl sites for hydroxylation is 1. The van der Waals surface area contributed by atoms with Crippen molar-refractivity contribution >= 4 is 11.5 Å². The highest BCUT2D eigenvalue weighted by molar-refractivity contribution is 5.58. The van der Waals surface area contributed by atoms with Crippen molar-refractivity contribution in [3.8, 4) is 0 Å². The maximum atomic E-state index is 13.4. The van der Waals surface area contributed by atoms with Gasteiger partial charge in [0.05, 0.1) is 5.69 Å². The Bertz CT molecular complexity index is 599. The van der Waals surface area contributed by atoms with Crippen LogP contribution in [0.25, 0.3) is 0 Å². The van der Waals surface area contributed by atoms with Gasteiger partial charge in [0.2, 0.25) is 0 Å². The minimum absolute atomic E-state index is 0.0626. The van der Waals surface area contributed by atoms with Crippen LogP contribution in [0.4, 0.5) is 29.1 Å². The van der Waals surface area contributed by atoms with Crippen LogP contribution in [0.2, 0.25) is 0 Å². The predicted molar refractivity (Wildman–Crippen MR) is 58.5 cm³/mol. The van der Waals surface area contributed by atoms with Gasteiger partial charge in [-0.1, -0.05) is 6.07 Å². The summed E-state index contributed by atoms with van der Waals surface area (Å²) >= 11 is 0. The van der Waals surface area contributed by atoms with Crippen LogP contribution in [-0.4, -0.2) is 4.98 Å². The number of nitrogens with zero attached hydrogens (tertiary/aromatic N) is 1. The standard InChI is InChI=1S/C12H8F4N2/c1-6-2-3-7(13)10(4-6)17-12-9(15)5-8(14)11(16)18-12/h2-5H,1H3,(H,17,18). The minimum atomic E-state index is -1.45. The SMILES string of the molecule is Cc1ccc(F)c(Nc2nc(F)c(F)cc2F)c1. The van der Waals surface area contributed by atoms with E-state index in [4.69, 9.17) is 0 Å². The van der Waals surface area contributed by atoms with Crippen LogP contribution < -0.4 is 5.32 Å². The molecule has 2 rings (SSSR count). The van der Waals surface area contributed by atoms with E-state index in [-0.39, 0.29) is 5.69 Å². The van der Waals surface area contributed by atoms with Crippen LogP contribution in [0.3, 0.4) is 0 Å². The van der Waals surface area contributed by atoms with Crippen LogP contribution in [0.5, 0.6) is 0 Å². The van der Waals surface area contributed by atoms with Crippen LogP contribution in [0, 0.1) is 30.3 Å². The van der Waals surface area contributed by atoms with E-state index in [1.165, 1.54) is 18.2 Å². The molecule has 18 heavy (non-hydrogen) atoms. The van der Waals surface area contributed by atoms with Gasteiger partial charge in [-0.3, -0.25) is 0 Å². The quantitative estimate of drug-likeness (QED) is 0.654. The Morgan fingerprint density at radius 1 is 0.944 bits per heavy atom. The molecule has 0 fully saturated rings. The summed E-state index contributed by atoms with van der Waals surface area (Å²) in [5, 5.41) is 2.28. The number of aromatic nitrogens is 1. The van der Waals surface area contributed by atoms with E-state index < -0.39 is 29.2 Å². The van der Waals surface area contributed by atoms with Crippen molar-refractivity contribution in [2.75, 3.05) is 5.32 Å². The molecule has 6 heteroatoms. The third-order valence-corrected chi connectivity index (χ3v) is 2.26. The van der Waals surface area contributed by atoms with Crippen LogP contribution in [0.15, 0.2) is 24.3 Å². The summed E-state index contributed by atoms with van der Waals surface area (Å²) in [5.41, 5.74) is 0.661. The lowest BCUT2D eigenvalue weighted by Crippen LogP contribution is -2.03. The molecular formula is C12H8F4N2. The largest absolute Gasteiger partial charge is 0.335 e. The first kappa shape index (κ1) is 12.3. The lowest BCUT2D eigenvalue weighted by Gasteiger charge is -2.08. The van der Waals surface area contributed by atoms with Gasteiger partial charge in [-0.05, 0) is 24.6 Å². The Hall–Kier alpha value is -2.11. The number of nitrogens with one attached hydrogen (secondary N) is 1. The minimum Gasteiger partial charge on any atom is -0.335 e. The Morgan fingerprint density at radius 3 is 2.39 bits per heavy atom. The summed E-state index contributed by atoms with van der Waals surface area (Å²) in [6.07, 6.45) is 0. The van der Waals surface area contributed by atoms with Crippen molar-refractivity contribution in [2.45, 2.75) is 6.92 Å².